The number of halogens is 1. The van der Waals surface area contributed by atoms with E-state index in [0.717, 1.165) is 34.6 Å². The predicted molar refractivity (Wildman–Crippen MR) is 80.5 cm³/mol. The van der Waals surface area contributed by atoms with Crippen LogP contribution < -0.4 is 4.74 Å². The summed E-state index contributed by atoms with van der Waals surface area (Å²) in [6.45, 7) is 7.60. The van der Waals surface area contributed by atoms with Crippen LogP contribution in [-0.2, 0) is 19.6 Å². The quantitative estimate of drug-likeness (QED) is 0.828. The monoisotopic (exact) mass is 322 g/mol. The first-order chi connectivity index (χ1) is 9.15. The van der Waals surface area contributed by atoms with E-state index in [4.69, 9.17) is 4.74 Å². The number of hydrogen-bond acceptors (Lipinski definition) is 2. The average Bonchev–Trinajstić information content (AvgIpc) is 2.72. The van der Waals surface area contributed by atoms with Crippen molar-refractivity contribution in [2.45, 2.75) is 40.3 Å². The highest BCUT2D eigenvalue weighted by molar-refractivity contribution is 9.10. The Labute approximate surface area is 122 Å². The number of hydrogen-bond donors (Lipinski definition) is 0. The molecule has 0 fully saturated rings. The second-order valence-corrected chi connectivity index (χ2v) is 5.24. The molecule has 0 unspecified atom stereocenters. The Hall–Kier alpha value is -1.29. The summed E-state index contributed by atoms with van der Waals surface area (Å²) in [5, 5.41) is 4.46. The van der Waals surface area contributed by atoms with Crippen molar-refractivity contribution in [2.24, 2.45) is 0 Å². The maximum Gasteiger partial charge on any atom is 0.131 e. The maximum atomic E-state index is 5.84. The van der Waals surface area contributed by atoms with Crippen LogP contribution in [0.25, 0.3) is 0 Å². The molecule has 3 nitrogen and oxygen atoms in total. The van der Waals surface area contributed by atoms with E-state index >= 15 is 0 Å². The third kappa shape index (κ3) is 3.18. The molecule has 1 heterocycles. The Morgan fingerprint density at radius 2 is 1.89 bits per heavy atom. The van der Waals surface area contributed by atoms with Crippen LogP contribution in [0.5, 0.6) is 5.75 Å². The Kier molecular flexibility index (Phi) is 4.64. The molecule has 2 aromatic rings. The summed E-state index contributed by atoms with van der Waals surface area (Å²) >= 11 is 3.57. The molecule has 1 aromatic heterocycles. The molecule has 0 saturated carbocycles. The highest BCUT2D eigenvalue weighted by atomic mass is 79.9. The van der Waals surface area contributed by atoms with Gasteiger partial charge in [0.15, 0.2) is 0 Å². The van der Waals surface area contributed by atoms with E-state index in [-0.39, 0.29) is 0 Å². The first-order valence-corrected chi connectivity index (χ1v) is 7.38. The van der Waals surface area contributed by atoms with Crippen molar-refractivity contribution in [1.29, 1.82) is 0 Å². The van der Waals surface area contributed by atoms with E-state index in [1.807, 2.05) is 23.7 Å². The zero-order valence-electron chi connectivity index (χ0n) is 11.6. The van der Waals surface area contributed by atoms with Crippen LogP contribution in [0.4, 0.5) is 0 Å². The molecule has 2 rings (SSSR count). The van der Waals surface area contributed by atoms with E-state index in [1.165, 1.54) is 5.56 Å². The first kappa shape index (κ1) is 14.1. The fraction of sp³-hybridized carbons (Fsp3) is 0.400. The summed E-state index contributed by atoms with van der Waals surface area (Å²) in [5.41, 5.74) is 3.41. The van der Waals surface area contributed by atoms with Crippen LogP contribution in [-0.4, -0.2) is 9.78 Å². The van der Waals surface area contributed by atoms with Gasteiger partial charge in [-0.25, -0.2) is 0 Å². The third-order valence-electron chi connectivity index (χ3n) is 3.16. The van der Waals surface area contributed by atoms with Gasteiger partial charge in [0.1, 0.15) is 12.4 Å². The average molecular weight is 323 g/mol. The standard InChI is InChI=1S/C15H19BrN2O/c1-4-12-6-8-13(9-7-12)19-10-14-15(16)11(3)17-18(14)5-2/h6-9H,4-5,10H2,1-3H3. The van der Waals surface area contributed by atoms with Gasteiger partial charge in [-0.1, -0.05) is 19.1 Å². The lowest BCUT2D eigenvalue weighted by Crippen LogP contribution is -2.06. The summed E-state index contributed by atoms with van der Waals surface area (Å²) in [6, 6.07) is 8.25. The van der Waals surface area contributed by atoms with Crippen molar-refractivity contribution in [3.63, 3.8) is 0 Å². The second kappa shape index (κ2) is 6.24. The lowest BCUT2D eigenvalue weighted by Gasteiger charge is -2.09. The Morgan fingerprint density at radius 1 is 1.21 bits per heavy atom. The molecule has 0 saturated heterocycles. The molecule has 1 aromatic carbocycles. The molecule has 0 N–H and O–H groups in total. The number of benzene rings is 1. The zero-order valence-corrected chi connectivity index (χ0v) is 13.2. The largest absolute Gasteiger partial charge is 0.487 e. The van der Waals surface area contributed by atoms with Crippen LogP contribution in [0.15, 0.2) is 28.7 Å². The number of aromatic nitrogens is 2. The topological polar surface area (TPSA) is 27.1 Å². The van der Waals surface area contributed by atoms with Gasteiger partial charge in [0.2, 0.25) is 0 Å². The molecule has 0 amide bonds. The molecule has 0 bridgehead atoms. The Morgan fingerprint density at radius 3 is 2.47 bits per heavy atom. The number of aryl methyl sites for hydroxylation is 3. The molecule has 0 aliphatic heterocycles. The summed E-state index contributed by atoms with van der Waals surface area (Å²) in [4.78, 5) is 0. The Balaban J connectivity index is 2.09. The van der Waals surface area contributed by atoms with Gasteiger partial charge in [-0.15, -0.1) is 0 Å². The molecule has 102 valence electrons. The molecule has 0 aliphatic rings. The normalized spacial score (nSPS) is 10.7. The minimum absolute atomic E-state index is 0.529. The van der Waals surface area contributed by atoms with Gasteiger partial charge in [0.25, 0.3) is 0 Å². The van der Waals surface area contributed by atoms with E-state index in [0.29, 0.717) is 6.61 Å². The van der Waals surface area contributed by atoms with E-state index in [2.05, 4.69) is 47.0 Å². The minimum atomic E-state index is 0.529. The van der Waals surface area contributed by atoms with E-state index < -0.39 is 0 Å². The van der Waals surface area contributed by atoms with Gasteiger partial charge < -0.3 is 4.74 Å². The highest BCUT2D eigenvalue weighted by Gasteiger charge is 2.12. The molecule has 0 radical (unpaired) electrons. The summed E-state index contributed by atoms with van der Waals surface area (Å²) in [6.07, 6.45) is 1.05. The molecular formula is C15H19BrN2O. The van der Waals surface area contributed by atoms with Crippen molar-refractivity contribution < 1.29 is 4.74 Å². The van der Waals surface area contributed by atoms with Gasteiger partial charge in [-0.3, -0.25) is 4.68 Å². The molecule has 19 heavy (non-hydrogen) atoms. The van der Waals surface area contributed by atoms with Crippen molar-refractivity contribution >= 4 is 15.9 Å². The van der Waals surface area contributed by atoms with Gasteiger partial charge >= 0.3 is 0 Å². The number of nitrogens with zero attached hydrogens (tertiary/aromatic N) is 2. The highest BCUT2D eigenvalue weighted by Crippen LogP contribution is 2.23. The predicted octanol–water partition coefficient (Wildman–Crippen LogP) is 4.12. The van der Waals surface area contributed by atoms with Crippen LogP contribution in [0.2, 0.25) is 0 Å². The third-order valence-corrected chi connectivity index (χ3v) is 4.19. The van der Waals surface area contributed by atoms with Gasteiger partial charge in [0, 0.05) is 6.54 Å². The van der Waals surface area contributed by atoms with Crippen molar-refractivity contribution in [2.75, 3.05) is 0 Å². The van der Waals surface area contributed by atoms with Crippen molar-refractivity contribution in [1.82, 2.24) is 9.78 Å². The number of rotatable bonds is 5. The zero-order chi connectivity index (χ0) is 13.8. The van der Waals surface area contributed by atoms with Gasteiger partial charge in [-0.2, -0.15) is 5.10 Å². The lowest BCUT2D eigenvalue weighted by atomic mass is 10.2. The molecule has 0 spiro atoms. The molecule has 4 heteroatoms. The first-order valence-electron chi connectivity index (χ1n) is 6.59. The SMILES string of the molecule is CCc1ccc(OCc2c(Br)c(C)nn2CC)cc1. The smallest absolute Gasteiger partial charge is 0.131 e. The minimum Gasteiger partial charge on any atom is -0.487 e. The van der Waals surface area contributed by atoms with Crippen LogP contribution >= 0.6 is 15.9 Å². The lowest BCUT2D eigenvalue weighted by molar-refractivity contribution is 0.291. The molecule has 0 atom stereocenters. The van der Waals surface area contributed by atoms with Crippen LogP contribution in [0.1, 0.15) is 30.8 Å². The van der Waals surface area contributed by atoms with Crippen LogP contribution in [0.3, 0.4) is 0 Å². The van der Waals surface area contributed by atoms with E-state index in [1.54, 1.807) is 0 Å². The van der Waals surface area contributed by atoms with Crippen molar-refractivity contribution in [3.8, 4) is 5.75 Å². The summed E-state index contributed by atoms with van der Waals surface area (Å²) < 4.78 is 8.85. The number of ether oxygens (including phenoxy) is 1. The van der Waals surface area contributed by atoms with Gasteiger partial charge in [-0.05, 0) is 53.9 Å². The second-order valence-electron chi connectivity index (χ2n) is 4.45. The van der Waals surface area contributed by atoms with E-state index in [9.17, 15) is 0 Å². The van der Waals surface area contributed by atoms with Crippen LogP contribution in [0, 0.1) is 6.92 Å². The fourth-order valence-corrected chi connectivity index (χ4v) is 2.38. The molecular weight excluding hydrogens is 304 g/mol. The Bertz CT molecular complexity index is 546. The summed E-state index contributed by atoms with van der Waals surface area (Å²) in [5.74, 6) is 0.894. The molecule has 0 aliphatic carbocycles. The fourth-order valence-electron chi connectivity index (χ4n) is 1.98. The summed E-state index contributed by atoms with van der Waals surface area (Å²) in [7, 11) is 0. The van der Waals surface area contributed by atoms with Crippen molar-refractivity contribution in [3.05, 3.63) is 45.7 Å². The maximum absolute atomic E-state index is 5.84. The van der Waals surface area contributed by atoms with Gasteiger partial charge in [0.05, 0.1) is 15.9 Å².